The fraction of sp³-hybridized carbons (Fsp3) is 0.286. The summed E-state index contributed by atoms with van der Waals surface area (Å²) >= 11 is 15.8. The highest BCUT2D eigenvalue weighted by atomic mass is 79.9. The van der Waals surface area contributed by atoms with Gasteiger partial charge in [0.25, 0.3) is 0 Å². The molecule has 21 heavy (non-hydrogen) atoms. The Labute approximate surface area is 140 Å². The summed E-state index contributed by atoms with van der Waals surface area (Å²) in [6, 6.07) is 5.75. The number of hydrogen-bond donors (Lipinski definition) is 0. The quantitative estimate of drug-likeness (QED) is 0.629. The number of benzene rings is 1. The molecule has 7 heteroatoms. The van der Waals surface area contributed by atoms with Gasteiger partial charge in [0, 0.05) is 23.8 Å². The van der Waals surface area contributed by atoms with E-state index in [9.17, 15) is 0 Å². The van der Waals surface area contributed by atoms with Gasteiger partial charge in [0.15, 0.2) is 5.65 Å². The van der Waals surface area contributed by atoms with E-state index >= 15 is 0 Å². The number of nitrogens with zero attached hydrogens (tertiary/aromatic N) is 4. The van der Waals surface area contributed by atoms with E-state index in [4.69, 9.17) is 28.2 Å². The molecular weight excluding hydrogens is 375 g/mol. The monoisotopic (exact) mass is 386 g/mol. The maximum Gasteiger partial charge on any atom is 0.163 e. The summed E-state index contributed by atoms with van der Waals surface area (Å²) in [5.74, 6) is 1.39. The van der Waals surface area contributed by atoms with Gasteiger partial charge in [-0.2, -0.15) is 5.10 Å². The van der Waals surface area contributed by atoms with Gasteiger partial charge in [0.05, 0.1) is 16.4 Å². The Balaban J connectivity index is 2.38. The lowest BCUT2D eigenvalue weighted by Gasteiger charge is -2.11. The molecule has 0 saturated carbocycles. The van der Waals surface area contributed by atoms with E-state index in [-0.39, 0.29) is 0 Å². The van der Waals surface area contributed by atoms with E-state index < -0.39 is 0 Å². The van der Waals surface area contributed by atoms with Gasteiger partial charge in [-0.05, 0) is 25.1 Å². The maximum atomic E-state index is 6.39. The van der Waals surface area contributed by atoms with E-state index in [1.54, 1.807) is 0 Å². The average Bonchev–Trinajstić information content (AvgIpc) is 2.93. The van der Waals surface area contributed by atoms with Gasteiger partial charge in [-0.1, -0.05) is 27.5 Å². The second-order valence-corrected chi connectivity index (χ2v) is 6.48. The molecule has 0 aliphatic rings. The van der Waals surface area contributed by atoms with Crippen LogP contribution in [0.5, 0.6) is 0 Å². The molecule has 1 aromatic carbocycles. The summed E-state index contributed by atoms with van der Waals surface area (Å²) in [7, 11) is 1.91. The second-order valence-electron chi connectivity index (χ2n) is 4.78. The minimum absolute atomic E-state index is 0.501. The minimum Gasteiger partial charge on any atom is -0.279 e. The SMILES string of the molecule is Cc1nn(C)c2c1nc(CCCl)n2-c1cc(Br)ccc1Cl. The summed E-state index contributed by atoms with van der Waals surface area (Å²) in [5.41, 5.74) is 3.58. The number of imidazole rings is 1. The molecule has 0 N–H and O–H groups in total. The number of alkyl halides is 1. The zero-order valence-electron chi connectivity index (χ0n) is 11.6. The van der Waals surface area contributed by atoms with Crippen molar-refractivity contribution in [1.82, 2.24) is 19.3 Å². The number of fused-ring (bicyclic) bond motifs is 1. The molecule has 0 radical (unpaired) electrons. The van der Waals surface area contributed by atoms with E-state index in [1.807, 2.05) is 41.4 Å². The van der Waals surface area contributed by atoms with Crippen LogP contribution in [0.2, 0.25) is 5.02 Å². The Morgan fingerprint density at radius 1 is 1.33 bits per heavy atom. The first kappa shape index (κ1) is 14.9. The predicted molar refractivity (Wildman–Crippen MR) is 89.7 cm³/mol. The Morgan fingerprint density at radius 3 is 2.81 bits per heavy atom. The molecule has 0 bridgehead atoms. The molecule has 0 fully saturated rings. The summed E-state index contributed by atoms with van der Waals surface area (Å²) in [4.78, 5) is 4.69. The van der Waals surface area contributed by atoms with E-state index in [0.29, 0.717) is 17.3 Å². The molecule has 0 aliphatic carbocycles. The number of aromatic nitrogens is 4. The van der Waals surface area contributed by atoms with Crippen molar-refractivity contribution >= 4 is 50.3 Å². The van der Waals surface area contributed by atoms with Crippen molar-refractivity contribution in [2.24, 2.45) is 7.05 Å². The fourth-order valence-corrected chi connectivity index (χ4v) is 3.20. The Hall–Kier alpha value is -1.04. The van der Waals surface area contributed by atoms with Crippen LogP contribution in [-0.4, -0.2) is 25.2 Å². The van der Waals surface area contributed by atoms with Crippen LogP contribution in [-0.2, 0) is 13.5 Å². The summed E-state index contributed by atoms with van der Waals surface area (Å²) < 4.78 is 4.82. The Morgan fingerprint density at radius 2 is 2.10 bits per heavy atom. The molecule has 3 aromatic rings. The number of hydrogen-bond acceptors (Lipinski definition) is 2. The zero-order valence-corrected chi connectivity index (χ0v) is 14.7. The van der Waals surface area contributed by atoms with Gasteiger partial charge >= 0.3 is 0 Å². The first-order valence-electron chi connectivity index (χ1n) is 6.45. The first-order chi connectivity index (χ1) is 10.0. The Kier molecular flexibility index (Phi) is 3.99. The number of aryl methyl sites for hydroxylation is 3. The van der Waals surface area contributed by atoms with E-state index in [2.05, 4.69) is 21.0 Å². The minimum atomic E-state index is 0.501. The van der Waals surface area contributed by atoms with Crippen LogP contribution in [0, 0.1) is 6.92 Å². The molecule has 0 unspecified atom stereocenters. The lowest BCUT2D eigenvalue weighted by Crippen LogP contribution is -2.06. The summed E-state index contributed by atoms with van der Waals surface area (Å²) in [6.07, 6.45) is 0.665. The van der Waals surface area contributed by atoms with Crippen molar-refractivity contribution in [3.05, 3.63) is 39.2 Å². The van der Waals surface area contributed by atoms with Gasteiger partial charge in [-0.15, -0.1) is 11.6 Å². The molecule has 2 heterocycles. The van der Waals surface area contributed by atoms with Gasteiger partial charge in [0.2, 0.25) is 0 Å². The van der Waals surface area contributed by atoms with Gasteiger partial charge in [0.1, 0.15) is 11.3 Å². The van der Waals surface area contributed by atoms with Crippen LogP contribution in [0.25, 0.3) is 16.9 Å². The molecule has 0 spiro atoms. The lowest BCUT2D eigenvalue weighted by atomic mass is 10.3. The van der Waals surface area contributed by atoms with Gasteiger partial charge < -0.3 is 0 Å². The van der Waals surface area contributed by atoms with Crippen molar-refractivity contribution < 1.29 is 0 Å². The van der Waals surface area contributed by atoms with Crippen molar-refractivity contribution in [1.29, 1.82) is 0 Å². The molecule has 0 aliphatic heterocycles. The summed E-state index contributed by atoms with van der Waals surface area (Å²) in [6.45, 7) is 1.95. The normalized spacial score (nSPS) is 11.5. The number of rotatable bonds is 3. The highest BCUT2D eigenvalue weighted by Crippen LogP contribution is 2.30. The topological polar surface area (TPSA) is 35.6 Å². The van der Waals surface area contributed by atoms with Crippen molar-refractivity contribution in [3.63, 3.8) is 0 Å². The lowest BCUT2D eigenvalue weighted by molar-refractivity contribution is 0.751. The molecule has 4 nitrogen and oxygen atoms in total. The maximum absolute atomic E-state index is 6.39. The van der Waals surface area contributed by atoms with Crippen molar-refractivity contribution in [3.8, 4) is 5.69 Å². The molecule has 2 aromatic heterocycles. The standard InChI is InChI=1S/C14H13BrCl2N4/c1-8-13-14(20(2)19-8)21(12(18-13)5-6-16)11-7-9(15)3-4-10(11)17/h3-4,7H,5-6H2,1-2H3. The molecule has 3 rings (SSSR count). The number of halogens is 3. The highest BCUT2D eigenvalue weighted by molar-refractivity contribution is 9.10. The van der Waals surface area contributed by atoms with Crippen LogP contribution < -0.4 is 0 Å². The van der Waals surface area contributed by atoms with Crippen LogP contribution in [0.15, 0.2) is 22.7 Å². The van der Waals surface area contributed by atoms with Gasteiger partial charge in [-0.3, -0.25) is 4.57 Å². The average molecular weight is 388 g/mol. The van der Waals surface area contributed by atoms with Crippen LogP contribution in [0.4, 0.5) is 0 Å². The van der Waals surface area contributed by atoms with Crippen molar-refractivity contribution in [2.75, 3.05) is 5.88 Å². The first-order valence-corrected chi connectivity index (χ1v) is 8.15. The fourth-order valence-electron chi connectivity index (χ4n) is 2.48. The largest absolute Gasteiger partial charge is 0.279 e. The molecule has 110 valence electrons. The third-order valence-electron chi connectivity index (χ3n) is 3.34. The molecular formula is C14H13BrCl2N4. The molecule has 0 atom stereocenters. The third-order valence-corrected chi connectivity index (χ3v) is 4.34. The van der Waals surface area contributed by atoms with E-state index in [1.165, 1.54) is 0 Å². The predicted octanol–water partition coefficient (Wildman–Crippen LogP) is 4.26. The third kappa shape index (κ3) is 2.47. The van der Waals surface area contributed by atoms with Crippen LogP contribution >= 0.6 is 39.1 Å². The second kappa shape index (κ2) is 5.63. The van der Waals surface area contributed by atoms with Gasteiger partial charge in [-0.25, -0.2) is 9.67 Å². The molecule has 0 saturated heterocycles. The molecule has 0 amide bonds. The zero-order chi connectivity index (χ0) is 15.1. The highest BCUT2D eigenvalue weighted by Gasteiger charge is 2.19. The van der Waals surface area contributed by atoms with Crippen LogP contribution in [0.3, 0.4) is 0 Å². The summed E-state index contributed by atoms with van der Waals surface area (Å²) in [5, 5.41) is 5.09. The van der Waals surface area contributed by atoms with Crippen LogP contribution in [0.1, 0.15) is 11.5 Å². The Bertz CT molecular complexity index is 822. The smallest absolute Gasteiger partial charge is 0.163 e. The van der Waals surface area contributed by atoms with Crippen molar-refractivity contribution in [2.45, 2.75) is 13.3 Å². The van der Waals surface area contributed by atoms with E-state index in [0.717, 1.165) is 32.8 Å².